The van der Waals surface area contributed by atoms with Gasteiger partial charge in [0.05, 0.1) is 18.8 Å². The van der Waals surface area contributed by atoms with Crippen molar-refractivity contribution in [2.45, 2.75) is 52.1 Å². The van der Waals surface area contributed by atoms with Gasteiger partial charge in [-0.25, -0.2) is 0 Å². The predicted octanol–water partition coefficient (Wildman–Crippen LogP) is 3.65. The summed E-state index contributed by atoms with van der Waals surface area (Å²) in [5.41, 5.74) is 3.30. The summed E-state index contributed by atoms with van der Waals surface area (Å²) in [5.74, 6) is 1.10. The molecule has 25 heavy (non-hydrogen) atoms. The highest BCUT2D eigenvalue weighted by Gasteiger charge is 2.31. The van der Waals surface area contributed by atoms with Gasteiger partial charge in [-0.1, -0.05) is 18.2 Å². The minimum Gasteiger partial charge on any atom is -0.496 e. The number of amides is 1. The molecule has 0 saturated carbocycles. The molecule has 1 aromatic heterocycles. The van der Waals surface area contributed by atoms with E-state index in [1.165, 1.54) is 0 Å². The number of benzene rings is 1. The number of carbonyl (C=O) groups excluding carboxylic acids is 1. The molecule has 1 aliphatic rings. The summed E-state index contributed by atoms with van der Waals surface area (Å²) < 4.78 is 7.48. The third-order valence-electron chi connectivity index (χ3n) is 4.93. The van der Waals surface area contributed by atoms with Gasteiger partial charge in [-0.3, -0.25) is 9.48 Å². The monoisotopic (exact) mass is 341 g/mol. The average Bonchev–Trinajstić information content (AvgIpc) is 3.21. The number of likely N-dealkylation sites (tertiary alicyclic amines) is 1. The second-order valence-electron chi connectivity index (χ2n) is 6.74. The first-order chi connectivity index (χ1) is 12.1. The second kappa shape index (κ2) is 7.72. The Morgan fingerprint density at radius 2 is 2.12 bits per heavy atom. The van der Waals surface area contributed by atoms with Crippen LogP contribution in [0.25, 0.3) is 0 Å². The van der Waals surface area contributed by atoms with Gasteiger partial charge in [-0.2, -0.15) is 5.10 Å². The van der Waals surface area contributed by atoms with E-state index < -0.39 is 0 Å². The Kier molecular flexibility index (Phi) is 5.41. The van der Waals surface area contributed by atoms with Crippen LogP contribution in [0.15, 0.2) is 30.3 Å². The minimum absolute atomic E-state index is 0.136. The summed E-state index contributed by atoms with van der Waals surface area (Å²) >= 11 is 0. The van der Waals surface area contributed by atoms with Crippen LogP contribution in [0.1, 0.15) is 48.7 Å². The van der Waals surface area contributed by atoms with Gasteiger partial charge in [0.1, 0.15) is 5.75 Å². The summed E-state index contributed by atoms with van der Waals surface area (Å²) in [5, 5.41) is 4.47. The Morgan fingerprint density at radius 3 is 2.84 bits per heavy atom. The summed E-state index contributed by atoms with van der Waals surface area (Å²) in [6.07, 6.45) is 3.43. The highest BCUT2D eigenvalue weighted by molar-refractivity contribution is 5.77. The van der Waals surface area contributed by atoms with Gasteiger partial charge in [0.15, 0.2) is 0 Å². The summed E-state index contributed by atoms with van der Waals surface area (Å²) in [7, 11) is 1.69. The van der Waals surface area contributed by atoms with Crippen LogP contribution in [-0.2, 0) is 11.3 Å². The smallest absolute Gasteiger partial charge is 0.223 e. The van der Waals surface area contributed by atoms with Crippen molar-refractivity contribution < 1.29 is 9.53 Å². The molecule has 0 aliphatic carbocycles. The molecule has 5 heteroatoms. The lowest BCUT2D eigenvalue weighted by molar-refractivity contribution is -0.132. The Balaban J connectivity index is 1.62. The molecule has 1 saturated heterocycles. The fourth-order valence-corrected chi connectivity index (χ4v) is 3.76. The standard InChI is InChI=1S/C20H27N3O2/c1-15-14-16(2)23(21-15)13-7-11-20(24)22-12-6-9-18(22)17-8-4-5-10-19(17)25-3/h4-5,8,10,14,18H,6-7,9,11-13H2,1-3H3. The first kappa shape index (κ1) is 17.5. The number of para-hydroxylation sites is 1. The van der Waals surface area contributed by atoms with Crippen LogP contribution in [0.2, 0.25) is 0 Å². The van der Waals surface area contributed by atoms with Gasteiger partial charge < -0.3 is 9.64 Å². The maximum Gasteiger partial charge on any atom is 0.223 e. The molecule has 1 aromatic carbocycles. The van der Waals surface area contributed by atoms with Crippen molar-refractivity contribution in [1.29, 1.82) is 0 Å². The lowest BCUT2D eigenvalue weighted by Gasteiger charge is -2.26. The number of hydrogen-bond donors (Lipinski definition) is 0. The molecular weight excluding hydrogens is 314 g/mol. The zero-order valence-electron chi connectivity index (χ0n) is 15.4. The van der Waals surface area contributed by atoms with Gasteiger partial charge in [0.25, 0.3) is 0 Å². The van der Waals surface area contributed by atoms with Gasteiger partial charge in [0, 0.05) is 30.8 Å². The van der Waals surface area contributed by atoms with E-state index in [-0.39, 0.29) is 11.9 Å². The zero-order chi connectivity index (χ0) is 17.8. The maximum absolute atomic E-state index is 12.8. The number of methoxy groups -OCH3 is 1. The summed E-state index contributed by atoms with van der Waals surface area (Å²) in [6.45, 7) is 5.68. The van der Waals surface area contributed by atoms with E-state index in [0.29, 0.717) is 6.42 Å². The van der Waals surface area contributed by atoms with Crippen LogP contribution < -0.4 is 4.74 Å². The van der Waals surface area contributed by atoms with Gasteiger partial charge in [-0.05, 0) is 45.2 Å². The number of aryl methyl sites for hydroxylation is 3. The fraction of sp³-hybridized carbons (Fsp3) is 0.500. The highest BCUT2D eigenvalue weighted by atomic mass is 16.5. The average molecular weight is 341 g/mol. The number of nitrogens with zero attached hydrogens (tertiary/aromatic N) is 3. The molecule has 1 unspecified atom stereocenters. The maximum atomic E-state index is 12.8. The second-order valence-corrected chi connectivity index (χ2v) is 6.74. The van der Waals surface area contributed by atoms with E-state index in [1.54, 1.807) is 7.11 Å². The molecule has 5 nitrogen and oxygen atoms in total. The van der Waals surface area contributed by atoms with Gasteiger partial charge in [-0.15, -0.1) is 0 Å². The van der Waals surface area contributed by atoms with E-state index in [0.717, 1.165) is 55.1 Å². The Hall–Kier alpha value is -2.30. The van der Waals surface area contributed by atoms with Crippen molar-refractivity contribution in [1.82, 2.24) is 14.7 Å². The molecule has 134 valence electrons. The first-order valence-corrected chi connectivity index (χ1v) is 9.03. The van der Waals surface area contributed by atoms with E-state index in [4.69, 9.17) is 4.74 Å². The number of aromatic nitrogens is 2. The molecule has 1 fully saturated rings. The molecule has 3 rings (SSSR count). The van der Waals surface area contributed by atoms with Crippen molar-refractivity contribution >= 4 is 5.91 Å². The van der Waals surface area contributed by atoms with Gasteiger partial charge in [0.2, 0.25) is 5.91 Å². The quantitative estimate of drug-likeness (QED) is 0.806. The molecule has 0 N–H and O–H groups in total. The van der Waals surface area contributed by atoms with Crippen molar-refractivity contribution in [3.8, 4) is 5.75 Å². The van der Waals surface area contributed by atoms with Crippen LogP contribution >= 0.6 is 0 Å². The fourth-order valence-electron chi connectivity index (χ4n) is 3.76. The van der Waals surface area contributed by atoms with Crippen LogP contribution in [0, 0.1) is 13.8 Å². The molecule has 1 atom stereocenters. The van der Waals surface area contributed by atoms with Crippen molar-refractivity contribution in [3.05, 3.63) is 47.3 Å². The minimum atomic E-state index is 0.136. The Morgan fingerprint density at radius 1 is 1.32 bits per heavy atom. The van der Waals surface area contributed by atoms with E-state index in [2.05, 4.69) is 24.2 Å². The molecular formula is C20H27N3O2. The van der Waals surface area contributed by atoms with Crippen LogP contribution in [-0.4, -0.2) is 34.2 Å². The molecule has 2 aromatic rings. The molecule has 0 radical (unpaired) electrons. The van der Waals surface area contributed by atoms with Crippen LogP contribution in [0.3, 0.4) is 0 Å². The van der Waals surface area contributed by atoms with Crippen molar-refractivity contribution in [2.75, 3.05) is 13.7 Å². The molecule has 1 aliphatic heterocycles. The molecule has 0 bridgehead atoms. The third-order valence-corrected chi connectivity index (χ3v) is 4.93. The van der Waals surface area contributed by atoms with E-state index >= 15 is 0 Å². The number of ether oxygens (including phenoxy) is 1. The Labute approximate surface area is 149 Å². The summed E-state index contributed by atoms with van der Waals surface area (Å²) in [4.78, 5) is 14.8. The molecule has 2 heterocycles. The van der Waals surface area contributed by atoms with Crippen molar-refractivity contribution in [3.63, 3.8) is 0 Å². The molecule has 0 spiro atoms. The predicted molar refractivity (Wildman–Crippen MR) is 97.6 cm³/mol. The highest BCUT2D eigenvalue weighted by Crippen LogP contribution is 2.37. The van der Waals surface area contributed by atoms with Crippen LogP contribution in [0.5, 0.6) is 5.75 Å². The zero-order valence-corrected chi connectivity index (χ0v) is 15.4. The third kappa shape index (κ3) is 3.86. The first-order valence-electron chi connectivity index (χ1n) is 9.03. The summed E-state index contributed by atoms with van der Waals surface area (Å²) in [6, 6.07) is 10.2. The lowest BCUT2D eigenvalue weighted by atomic mass is 10.0. The largest absolute Gasteiger partial charge is 0.496 e. The Bertz CT molecular complexity index is 738. The lowest BCUT2D eigenvalue weighted by Crippen LogP contribution is -2.30. The van der Waals surface area contributed by atoms with Gasteiger partial charge >= 0.3 is 0 Å². The van der Waals surface area contributed by atoms with E-state index in [1.807, 2.05) is 34.7 Å². The normalized spacial score (nSPS) is 17.1. The SMILES string of the molecule is COc1ccccc1C1CCCN1C(=O)CCCn1nc(C)cc1C. The number of carbonyl (C=O) groups is 1. The topological polar surface area (TPSA) is 47.4 Å². The van der Waals surface area contributed by atoms with Crippen LogP contribution in [0.4, 0.5) is 0 Å². The van der Waals surface area contributed by atoms with E-state index in [9.17, 15) is 4.79 Å². The number of rotatable bonds is 6. The number of hydrogen-bond acceptors (Lipinski definition) is 3. The van der Waals surface area contributed by atoms with Crippen molar-refractivity contribution in [2.24, 2.45) is 0 Å². The molecule has 1 amide bonds.